The van der Waals surface area contributed by atoms with E-state index in [1.165, 1.54) is 16.0 Å². The normalized spacial score (nSPS) is 12.5. The molecule has 2 aromatic heterocycles. The predicted molar refractivity (Wildman–Crippen MR) is 127 cm³/mol. The first kappa shape index (κ1) is 19.2. The van der Waals surface area contributed by atoms with Crippen LogP contribution < -0.4 is 5.56 Å². The molecule has 0 aliphatic rings. The fraction of sp³-hybridized carbons (Fsp3) is 0.0800. The number of aliphatic imine (C=N–C) groups is 1. The monoisotopic (exact) mass is 424 g/mol. The molecule has 1 atom stereocenters. The van der Waals surface area contributed by atoms with Gasteiger partial charge in [0.15, 0.2) is 0 Å². The van der Waals surface area contributed by atoms with Crippen LogP contribution in [0.2, 0.25) is 0 Å². The van der Waals surface area contributed by atoms with Crippen molar-refractivity contribution in [1.29, 1.82) is 0 Å². The summed E-state index contributed by atoms with van der Waals surface area (Å²) in [5, 5.41) is 3.88. The highest BCUT2D eigenvalue weighted by Gasteiger charge is 2.18. The Bertz CT molecular complexity index is 1380. The molecule has 0 amide bonds. The Morgan fingerprint density at radius 2 is 1.65 bits per heavy atom. The topological polar surface area (TPSA) is 63.0 Å². The number of nitrogens with zero attached hydrogens (tertiary/aromatic N) is 3. The molecule has 152 valence electrons. The van der Waals surface area contributed by atoms with Crippen LogP contribution in [0.4, 0.5) is 0 Å². The first-order chi connectivity index (χ1) is 15.2. The fourth-order valence-corrected chi connectivity index (χ4v) is 4.41. The number of aromatic nitrogens is 3. The molecule has 5 rings (SSSR count). The Balaban J connectivity index is 1.62. The van der Waals surface area contributed by atoms with E-state index in [-0.39, 0.29) is 11.6 Å². The van der Waals surface area contributed by atoms with Gasteiger partial charge in [-0.05, 0) is 24.6 Å². The van der Waals surface area contributed by atoms with Crippen LogP contribution in [0.1, 0.15) is 24.1 Å². The summed E-state index contributed by atoms with van der Waals surface area (Å²) in [4.78, 5) is 22.7. The van der Waals surface area contributed by atoms with Gasteiger partial charge < -0.3 is 0 Å². The van der Waals surface area contributed by atoms with Crippen molar-refractivity contribution in [2.24, 2.45) is 4.99 Å². The van der Waals surface area contributed by atoms with E-state index >= 15 is 0 Å². The van der Waals surface area contributed by atoms with Crippen molar-refractivity contribution in [3.8, 4) is 16.4 Å². The largest absolute Gasteiger partial charge is 0.288 e. The molecule has 0 bridgehead atoms. The molecule has 0 spiro atoms. The molecule has 2 heterocycles. The second-order valence-corrected chi connectivity index (χ2v) is 8.25. The van der Waals surface area contributed by atoms with Gasteiger partial charge in [-0.25, -0.2) is 4.98 Å². The summed E-state index contributed by atoms with van der Waals surface area (Å²) < 4.78 is 2.55. The zero-order valence-corrected chi connectivity index (χ0v) is 17.7. The third-order valence-electron chi connectivity index (χ3n) is 5.17. The van der Waals surface area contributed by atoms with Gasteiger partial charge >= 0.3 is 0 Å². The zero-order chi connectivity index (χ0) is 21.2. The number of para-hydroxylation sites is 1. The van der Waals surface area contributed by atoms with E-state index in [9.17, 15) is 4.79 Å². The standard InChI is InChI=1S/C25H20N4OS/c1-17(18-10-4-2-5-11-18)26-16-20-23(19-12-6-3-7-13-19)28-29(24(20)30)25-27-21-14-8-9-15-22(21)31-25/h2-17,28H,1H3/t17-/m1/s1. The van der Waals surface area contributed by atoms with Crippen LogP contribution in [0.15, 0.2) is 94.7 Å². The van der Waals surface area contributed by atoms with Gasteiger partial charge in [-0.1, -0.05) is 84.1 Å². The summed E-state index contributed by atoms with van der Waals surface area (Å²) in [6.45, 7) is 2.02. The average molecular weight is 425 g/mol. The van der Waals surface area contributed by atoms with E-state index in [2.05, 4.69) is 15.1 Å². The zero-order valence-electron chi connectivity index (χ0n) is 16.9. The predicted octanol–water partition coefficient (Wildman–Crippen LogP) is 5.62. The van der Waals surface area contributed by atoms with Crippen LogP contribution >= 0.6 is 11.3 Å². The lowest BCUT2D eigenvalue weighted by Gasteiger charge is -2.05. The van der Waals surface area contributed by atoms with Gasteiger partial charge in [-0.3, -0.25) is 14.9 Å². The highest BCUT2D eigenvalue weighted by atomic mass is 32.1. The first-order valence-corrected chi connectivity index (χ1v) is 10.9. The molecule has 5 nitrogen and oxygen atoms in total. The maximum absolute atomic E-state index is 13.4. The third kappa shape index (κ3) is 3.73. The van der Waals surface area contributed by atoms with E-state index in [1.807, 2.05) is 91.9 Å². The van der Waals surface area contributed by atoms with Crippen molar-refractivity contribution in [2.45, 2.75) is 13.0 Å². The molecule has 6 heteroatoms. The minimum atomic E-state index is -0.165. The number of aromatic amines is 1. The summed E-state index contributed by atoms with van der Waals surface area (Å²) in [6.07, 6.45) is 1.68. The van der Waals surface area contributed by atoms with Crippen LogP contribution in [-0.2, 0) is 0 Å². The summed E-state index contributed by atoms with van der Waals surface area (Å²) in [7, 11) is 0. The molecule has 0 aliphatic heterocycles. The number of hydrogen-bond acceptors (Lipinski definition) is 4. The summed E-state index contributed by atoms with van der Waals surface area (Å²) in [6, 6.07) is 27.7. The van der Waals surface area contributed by atoms with Gasteiger partial charge in [0.2, 0.25) is 5.13 Å². The molecule has 0 aliphatic carbocycles. The smallest absolute Gasteiger partial charge is 0.282 e. The van der Waals surface area contributed by atoms with E-state index < -0.39 is 0 Å². The summed E-state index contributed by atoms with van der Waals surface area (Å²) in [5.41, 5.74) is 3.98. The molecule has 3 aromatic carbocycles. The van der Waals surface area contributed by atoms with Crippen LogP contribution in [0, 0.1) is 0 Å². The SMILES string of the molecule is C[C@@H](N=Cc1c(-c2ccccc2)[nH]n(-c2nc3ccccc3s2)c1=O)c1ccccc1. The first-order valence-electron chi connectivity index (χ1n) is 10.1. The quantitative estimate of drug-likeness (QED) is 0.372. The highest BCUT2D eigenvalue weighted by molar-refractivity contribution is 7.20. The Morgan fingerprint density at radius 1 is 0.968 bits per heavy atom. The van der Waals surface area contributed by atoms with Crippen LogP contribution in [0.5, 0.6) is 0 Å². The van der Waals surface area contributed by atoms with Crippen LogP contribution in [0.3, 0.4) is 0 Å². The fourth-order valence-electron chi connectivity index (χ4n) is 3.49. The second kappa shape index (κ2) is 8.16. The number of thiazole rings is 1. The maximum Gasteiger partial charge on any atom is 0.282 e. The number of H-pyrrole nitrogens is 1. The van der Waals surface area contributed by atoms with E-state index in [4.69, 9.17) is 0 Å². The number of rotatable bonds is 5. The molecular weight excluding hydrogens is 404 g/mol. The van der Waals surface area contributed by atoms with Crippen molar-refractivity contribution in [3.05, 3.63) is 106 Å². The van der Waals surface area contributed by atoms with Gasteiger partial charge in [0, 0.05) is 11.8 Å². The molecule has 0 fully saturated rings. The second-order valence-electron chi connectivity index (χ2n) is 7.24. The molecule has 0 saturated carbocycles. The lowest BCUT2D eigenvalue weighted by molar-refractivity contribution is 0.824. The summed E-state index contributed by atoms with van der Waals surface area (Å²) >= 11 is 1.48. The highest BCUT2D eigenvalue weighted by Crippen LogP contribution is 2.26. The molecule has 5 aromatic rings. The number of fused-ring (bicyclic) bond motifs is 1. The van der Waals surface area contributed by atoms with Gasteiger partial charge in [0.05, 0.1) is 27.5 Å². The van der Waals surface area contributed by atoms with Crippen LogP contribution in [-0.4, -0.2) is 21.0 Å². The number of nitrogens with one attached hydrogen (secondary N) is 1. The van der Waals surface area contributed by atoms with Crippen molar-refractivity contribution in [1.82, 2.24) is 14.8 Å². The number of benzene rings is 3. The minimum Gasteiger partial charge on any atom is -0.288 e. The van der Waals surface area contributed by atoms with E-state index in [1.54, 1.807) is 6.21 Å². The van der Waals surface area contributed by atoms with Gasteiger partial charge in [0.1, 0.15) is 0 Å². The maximum atomic E-state index is 13.4. The van der Waals surface area contributed by atoms with Crippen molar-refractivity contribution in [3.63, 3.8) is 0 Å². The Morgan fingerprint density at radius 3 is 2.39 bits per heavy atom. The molecule has 1 N–H and O–H groups in total. The Kier molecular flexibility index (Phi) is 5.06. The van der Waals surface area contributed by atoms with Gasteiger partial charge in [-0.15, -0.1) is 0 Å². The van der Waals surface area contributed by atoms with Crippen LogP contribution in [0.25, 0.3) is 26.6 Å². The third-order valence-corrected chi connectivity index (χ3v) is 6.19. The average Bonchev–Trinajstić information content (AvgIpc) is 3.39. The lowest BCUT2D eigenvalue weighted by Crippen LogP contribution is -2.17. The molecule has 0 saturated heterocycles. The Hall–Kier alpha value is -3.77. The Labute approximate surface area is 183 Å². The molecule has 31 heavy (non-hydrogen) atoms. The van der Waals surface area contributed by atoms with Gasteiger partial charge in [-0.2, -0.15) is 4.68 Å². The van der Waals surface area contributed by atoms with Gasteiger partial charge in [0.25, 0.3) is 5.56 Å². The van der Waals surface area contributed by atoms with Crippen molar-refractivity contribution in [2.75, 3.05) is 0 Å². The lowest BCUT2D eigenvalue weighted by atomic mass is 10.1. The molecule has 0 unspecified atom stereocenters. The van der Waals surface area contributed by atoms with Crippen molar-refractivity contribution >= 4 is 27.8 Å². The molecular formula is C25H20N4OS. The molecule has 0 radical (unpaired) electrons. The van der Waals surface area contributed by atoms with E-state index in [0.29, 0.717) is 10.7 Å². The number of hydrogen-bond donors (Lipinski definition) is 1. The van der Waals surface area contributed by atoms with Crippen molar-refractivity contribution < 1.29 is 0 Å². The summed E-state index contributed by atoms with van der Waals surface area (Å²) in [5.74, 6) is 0. The van der Waals surface area contributed by atoms with E-state index in [0.717, 1.165) is 27.0 Å². The minimum absolute atomic E-state index is 0.0602.